The van der Waals surface area contributed by atoms with Gasteiger partial charge in [-0.15, -0.1) is 0 Å². The van der Waals surface area contributed by atoms with Crippen molar-refractivity contribution in [1.29, 1.82) is 0 Å². The van der Waals surface area contributed by atoms with Crippen LogP contribution in [-0.2, 0) is 6.42 Å². The highest BCUT2D eigenvalue weighted by atomic mass is 16.3. The van der Waals surface area contributed by atoms with Crippen molar-refractivity contribution in [3.05, 3.63) is 65.2 Å². The topological polar surface area (TPSA) is 32.3 Å². The molecule has 0 radical (unpaired) electrons. The maximum absolute atomic E-state index is 10.2. The molecule has 2 aromatic rings. The lowest BCUT2D eigenvalue weighted by atomic mass is 10.1. The molecule has 100 valence electrons. The Morgan fingerprint density at radius 3 is 2.42 bits per heavy atom. The minimum absolute atomic E-state index is 0.481. The second-order valence-corrected chi connectivity index (χ2v) is 4.82. The van der Waals surface area contributed by atoms with Crippen molar-refractivity contribution in [3.63, 3.8) is 0 Å². The van der Waals surface area contributed by atoms with Crippen LogP contribution in [0.5, 0.6) is 0 Å². The van der Waals surface area contributed by atoms with Gasteiger partial charge < -0.3 is 10.4 Å². The van der Waals surface area contributed by atoms with Crippen molar-refractivity contribution in [2.75, 3.05) is 11.9 Å². The molecule has 0 saturated heterocycles. The van der Waals surface area contributed by atoms with Crippen LogP contribution in [-0.4, -0.2) is 11.7 Å². The number of hydrogen-bond acceptors (Lipinski definition) is 2. The predicted octanol–water partition coefficient (Wildman–Crippen LogP) is 3.70. The summed E-state index contributed by atoms with van der Waals surface area (Å²) in [5.41, 5.74) is 4.54. The lowest BCUT2D eigenvalue weighted by Crippen LogP contribution is -2.13. The van der Waals surface area contributed by atoms with Gasteiger partial charge in [0.1, 0.15) is 0 Å². The molecule has 1 unspecified atom stereocenters. The zero-order valence-electron chi connectivity index (χ0n) is 11.6. The Labute approximate surface area is 115 Å². The van der Waals surface area contributed by atoms with Crippen LogP contribution >= 0.6 is 0 Å². The predicted molar refractivity (Wildman–Crippen MR) is 80.4 cm³/mol. The molecule has 0 aromatic heterocycles. The van der Waals surface area contributed by atoms with Gasteiger partial charge in [-0.25, -0.2) is 0 Å². The van der Waals surface area contributed by atoms with E-state index in [-0.39, 0.29) is 0 Å². The quantitative estimate of drug-likeness (QED) is 0.853. The van der Waals surface area contributed by atoms with E-state index in [1.165, 1.54) is 11.1 Å². The number of aryl methyl sites for hydroxylation is 2. The highest BCUT2D eigenvalue weighted by molar-refractivity contribution is 5.51. The second-order valence-electron chi connectivity index (χ2n) is 4.82. The van der Waals surface area contributed by atoms with E-state index < -0.39 is 6.10 Å². The first-order valence-electron chi connectivity index (χ1n) is 6.77. The minimum Gasteiger partial charge on any atom is -0.387 e. The smallest absolute Gasteiger partial charge is 0.0962 e. The van der Waals surface area contributed by atoms with Crippen LogP contribution in [0.1, 0.15) is 29.7 Å². The number of anilines is 1. The Morgan fingerprint density at radius 2 is 1.74 bits per heavy atom. The summed E-state index contributed by atoms with van der Waals surface area (Å²) in [7, 11) is 0. The number of hydrogen-bond donors (Lipinski definition) is 2. The van der Waals surface area contributed by atoms with E-state index in [0.717, 1.165) is 17.7 Å². The number of rotatable bonds is 5. The molecular weight excluding hydrogens is 234 g/mol. The largest absolute Gasteiger partial charge is 0.387 e. The van der Waals surface area contributed by atoms with E-state index in [9.17, 15) is 5.11 Å². The van der Waals surface area contributed by atoms with Crippen LogP contribution in [0.15, 0.2) is 48.5 Å². The SMILES string of the molecule is CCc1ccccc1NCC(O)c1ccc(C)cc1. The first-order chi connectivity index (χ1) is 9.20. The van der Waals surface area contributed by atoms with Crippen molar-refractivity contribution in [3.8, 4) is 0 Å². The molecule has 0 spiro atoms. The molecule has 19 heavy (non-hydrogen) atoms. The third-order valence-electron chi connectivity index (χ3n) is 3.35. The number of para-hydroxylation sites is 1. The zero-order chi connectivity index (χ0) is 13.7. The van der Waals surface area contributed by atoms with Crippen molar-refractivity contribution in [2.24, 2.45) is 0 Å². The average Bonchev–Trinajstić information content (AvgIpc) is 2.45. The van der Waals surface area contributed by atoms with Gasteiger partial charge >= 0.3 is 0 Å². The number of nitrogens with one attached hydrogen (secondary N) is 1. The van der Waals surface area contributed by atoms with Gasteiger partial charge in [0.05, 0.1) is 6.10 Å². The summed E-state index contributed by atoms with van der Waals surface area (Å²) in [5.74, 6) is 0. The Morgan fingerprint density at radius 1 is 1.05 bits per heavy atom. The third kappa shape index (κ3) is 3.58. The van der Waals surface area contributed by atoms with E-state index in [4.69, 9.17) is 0 Å². The highest BCUT2D eigenvalue weighted by Gasteiger charge is 2.07. The molecular formula is C17H21NO. The molecule has 2 nitrogen and oxygen atoms in total. The number of aliphatic hydroxyl groups is 1. The van der Waals surface area contributed by atoms with Crippen LogP contribution in [0.4, 0.5) is 5.69 Å². The van der Waals surface area contributed by atoms with Crippen LogP contribution < -0.4 is 5.32 Å². The fourth-order valence-electron chi connectivity index (χ4n) is 2.11. The fourth-order valence-corrected chi connectivity index (χ4v) is 2.11. The Kier molecular flexibility index (Phi) is 4.58. The maximum Gasteiger partial charge on any atom is 0.0962 e. The van der Waals surface area contributed by atoms with Crippen molar-refractivity contribution in [2.45, 2.75) is 26.4 Å². The van der Waals surface area contributed by atoms with Gasteiger partial charge in [0, 0.05) is 12.2 Å². The van der Waals surface area contributed by atoms with E-state index in [1.807, 2.05) is 43.3 Å². The lowest BCUT2D eigenvalue weighted by molar-refractivity contribution is 0.191. The van der Waals surface area contributed by atoms with Gasteiger partial charge in [-0.2, -0.15) is 0 Å². The average molecular weight is 255 g/mol. The molecule has 2 rings (SSSR count). The van der Waals surface area contributed by atoms with Crippen LogP contribution in [0.2, 0.25) is 0 Å². The molecule has 0 aliphatic heterocycles. The first-order valence-corrected chi connectivity index (χ1v) is 6.77. The third-order valence-corrected chi connectivity index (χ3v) is 3.35. The molecule has 0 fully saturated rings. The molecule has 0 amide bonds. The monoisotopic (exact) mass is 255 g/mol. The van der Waals surface area contributed by atoms with E-state index in [1.54, 1.807) is 0 Å². The summed E-state index contributed by atoms with van der Waals surface area (Å²) in [6.45, 7) is 4.71. The molecule has 2 heteroatoms. The van der Waals surface area contributed by atoms with Crippen molar-refractivity contribution in [1.82, 2.24) is 0 Å². The van der Waals surface area contributed by atoms with E-state index >= 15 is 0 Å². The summed E-state index contributed by atoms with van der Waals surface area (Å²) in [5, 5.41) is 13.5. The van der Waals surface area contributed by atoms with Crippen molar-refractivity contribution >= 4 is 5.69 Å². The normalized spacial score (nSPS) is 12.2. The standard InChI is InChI=1S/C17H21NO/c1-3-14-6-4-5-7-16(14)18-12-17(19)15-10-8-13(2)9-11-15/h4-11,17-19H,3,12H2,1-2H3. The Bertz CT molecular complexity index is 519. The maximum atomic E-state index is 10.2. The summed E-state index contributed by atoms with van der Waals surface area (Å²) >= 11 is 0. The van der Waals surface area contributed by atoms with Crippen LogP contribution in [0, 0.1) is 6.92 Å². The number of benzene rings is 2. The zero-order valence-corrected chi connectivity index (χ0v) is 11.6. The van der Waals surface area contributed by atoms with Crippen LogP contribution in [0.25, 0.3) is 0 Å². The Hall–Kier alpha value is -1.80. The first kappa shape index (κ1) is 13.6. The summed E-state index contributed by atoms with van der Waals surface area (Å²) < 4.78 is 0. The minimum atomic E-state index is -0.481. The van der Waals surface area contributed by atoms with Gasteiger partial charge in [-0.3, -0.25) is 0 Å². The summed E-state index contributed by atoms with van der Waals surface area (Å²) in [6.07, 6.45) is 0.509. The van der Waals surface area contributed by atoms with Gasteiger partial charge in [0.25, 0.3) is 0 Å². The molecule has 0 bridgehead atoms. The summed E-state index contributed by atoms with van der Waals surface area (Å²) in [4.78, 5) is 0. The van der Waals surface area contributed by atoms with Gasteiger partial charge in [-0.05, 0) is 30.5 Å². The highest BCUT2D eigenvalue weighted by Crippen LogP contribution is 2.18. The molecule has 2 N–H and O–H groups in total. The molecule has 0 aliphatic rings. The molecule has 2 aromatic carbocycles. The summed E-state index contributed by atoms with van der Waals surface area (Å²) in [6, 6.07) is 16.2. The molecule has 0 aliphatic carbocycles. The van der Waals surface area contributed by atoms with E-state index in [2.05, 4.69) is 24.4 Å². The van der Waals surface area contributed by atoms with Gasteiger partial charge in [0.15, 0.2) is 0 Å². The van der Waals surface area contributed by atoms with Gasteiger partial charge in [0.2, 0.25) is 0 Å². The van der Waals surface area contributed by atoms with Gasteiger partial charge in [-0.1, -0.05) is 55.0 Å². The van der Waals surface area contributed by atoms with Crippen molar-refractivity contribution < 1.29 is 5.11 Å². The number of aliphatic hydroxyl groups excluding tert-OH is 1. The second kappa shape index (κ2) is 6.39. The molecule has 0 saturated carbocycles. The van der Waals surface area contributed by atoms with E-state index in [0.29, 0.717) is 6.54 Å². The Balaban J connectivity index is 2.00. The molecule has 1 atom stereocenters. The lowest BCUT2D eigenvalue weighted by Gasteiger charge is -2.15. The fraction of sp³-hybridized carbons (Fsp3) is 0.294. The molecule has 0 heterocycles. The van der Waals surface area contributed by atoms with Crippen LogP contribution in [0.3, 0.4) is 0 Å².